The van der Waals surface area contributed by atoms with Gasteiger partial charge in [-0.15, -0.1) is 10.8 Å². The molecule has 1 saturated heterocycles. The number of aliphatic hydroxyl groups excluding tert-OH is 1. The van der Waals surface area contributed by atoms with Gasteiger partial charge in [-0.1, -0.05) is 48.5 Å². The van der Waals surface area contributed by atoms with Gasteiger partial charge in [0, 0.05) is 37.4 Å². The molecule has 3 aromatic carbocycles. The van der Waals surface area contributed by atoms with Gasteiger partial charge in [0.15, 0.2) is 0 Å². The maximum Gasteiger partial charge on any atom is 0.416 e. The summed E-state index contributed by atoms with van der Waals surface area (Å²) in [7, 11) is -3.03. The maximum absolute atomic E-state index is 13.7. The van der Waals surface area contributed by atoms with Gasteiger partial charge < -0.3 is 21.1 Å². The summed E-state index contributed by atoms with van der Waals surface area (Å²) in [5, 5.41) is 20.4. The lowest BCUT2D eigenvalue weighted by Crippen LogP contribution is -2.48. The molecule has 2 atom stereocenters. The number of amides is 1. The van der Waals surface area contributed by atoms with Gasteiger partial charge in [-0.2, -0.15) is 13.2 Å². The highest BCUT2D eigenvalue weighted by Gasteiger charge is 2.31. The lowest BCUT2D eigenvalue weighted by atomic mass is 9.99. The van der Waals surface area contributed by atoms with E-state index in [1.54, 1.807) is 22.5 Å². The highest BCUT2D eigenvalue weighted by molar-refractivity contribution is 8.25. The first-order chi connectivity index (χ1) is 20.9. The largest absolute Gasteiger partial charge is 0.416 e. The summed E-state index contributed by atoms with van der Waals surface area (Å²) < 4.78 is 62.6. The van der Waals surface area contributed by atoms with Crippen LogP contribution in [-0.4, -0.2) is 57.7 Å². The van der Waals surface area contributed by atoms with Crippen LogP contribution in [0.1, 0.15) is 52.4 Å². The third-order valence-electron chi connectivity index (χ3n) is 7.68. The summed E-state index contributed by atoms with van der Waals surface area (Å²) in [6.07, 6.45) is -3.71. The number of alkyl halides is 3. The number of benzene rings is 3. The van der Waals surface area contributed by atoms with E-state index in [4.69, 9.17) is 0 Å². The molecule has 1 amide bonds. The number of carbonyl (C=O) groups is 1. The average molecular weight is 635 g/mol. The predicted molar refractivity (Wildman–Crippen MR) is 170 cm³/mol. The molecule has 1 heterocycles. The van der Waals surface area contributed by atoms with E-state index in [9.17, 15) is 32.2 Å². The van der Waals surface area contributed by atoms with E-state index in [0.29, 0.717) is 48.4 Å². The Labute approximate surface area is 258 Å². The van der Waals surface area contributed by atoms with E-state index in [-0.39, 0.29) is 18.8 Å². The second-order valence-electron chi connectivity index (χ2n) is 11.0. The highest BCUT2D eigenvalue weighted by Crippen LogP contribution is 2.51. The number of halogens is 3. The Morgan fingerprint density at radius 2 is 1.75 bits per heavy atom. The van der Waals surface area contributed by atoms with E-state index in [0.717, 1.165) is 29.7 Å². The van der Waals surface area contributed by atoms with Crippen molar-refractivity contribution in [3.63, 3.8) is 0 Å². The van der Waals surface area contributed by atoms with E-state index in [1.807, 2.05) is 44.2 Å². The standard InChI is InChI=1S/C32H41F3N4O4S/c1-3-37-27-18-25(19-29(22(27)2)39-14-7-8-15-44(39,42)43)31(41)38-28(17-23-10-5-4-6-11-23)30(40)21-36-20-24-12-9-13-26(16-24)32(33,34)35/h4-6,9-13,16,18-19,28,30,36-37,40,42-43H,3,7-8,14-15,17,20-21H2,1-2H3,(H,38,41). The lowest BCUT2D eigenvalue weighted by Gasteiger charge is -2.48. The van der Waals surface area contributed by atoms with Crippen molar-refractivity contribution in [1.29, 1.82) is 0 Å². The van der Waals surface area contributed by atoms with Crippen LogP contribution in [0.15, 0.2) is 66.7 Å². The Morgan fingerprint density at radius 1 is 1.02 bits per heavy atom. The number of carbonyl (C=O) groups excluding carboxylic acids is 1. The third-order valence-corrected chi connectivity index (χ3v) is 9.60. The van der Waals surface area contributed by atoms with Gasteiger partial charge in [0.2, 0.25) is 0 Å². The van der Waals surface area contributed by atoms with Crippen molar-refractivity contribution in [3.8, 4) is 0 Å². The average Bonchev–Trinajstić information content (AvgIpc) is 2.98. The Morgan fingerprint density at radius 3 is 2.43 bits per heavy atom. The van der Waals surface area contributed by atoms with Crippen molar-refractivity contribution >= 4 is 28.1 Å². The molecule has 0 aliphatic carbocycles. The van der Waals surface area contributed by atoms with Crippen molar-refractivity contribution in [1.82, 2.24) is 10.6 Å². The van der Waals surface area contributed by atoms with Crippen molar-refractivity contribution in [2.45, 2.75) is 58.0 Å². The molecule has 6 N–H and O–H groups in total. The Kier molecular flexibility index (Phi) is 11.2. The molecular formula is C32H41F3N4O4S. The number of anilines is 2. The van der Waals surface area contributed by atoms with E-state index in [1.165, 1.54) is 6.07 Å². The smallest absolute Gasteiger partial charge is 0.390 e. The molecule has 0 aromatic heterocycles. The fourth-order valence-electron chi connectivity index (χ4n) is 5.32. The minimum Gasteiger partial charge on any atom is -0.390 e. The molecule has 1 aliphatic heterocycles. The minimum atomic E-state index is -4.45. The molecule has 1 aliphatic rings. The van der Waals surface area contributed by atoms with Gasteiger partial charge in [-0.05, 0) is 68.0 Å². The molecule has 12 heteroatoms. The van der Waals surface area contributed by atoms with Crippen LogP contribution in [0.3, 0.4) is 0 Å². The van der Waals surface area contributed by atoms with Crippen LogP contribution in [0.25, 0.3) is 0 Å². The molecule has 0 saturated carbocycles. The lowest BCUT2D eigenvalue weighted by molar-refractivity contribution is -0.137. The zero-order valence-corrected chi connectivity index (χ0v) is 25.7. The van der Waals surface area contributed by atoms with Crippen LogP contribution in [0.4, 0.5) is 24.5 Å². The van der Waals surface area contributed by atoms with Crippen LogP contribution >= 0.6 is 10.8 Å². The van der Waals surface area contributed by atoms with Crippen molar-refractivity contribution in [3.05, 3.63) is 94.5 Å². The summed E-state index contributed by atoms with van der Waals surface area (Å²) in [4.78, 5) is 13.7. The third kappa shape index (κ3) is 8.66. The molecule has 2 unspecified atom stereocenters. The summed E-state index contributed by atoms with van der Waals surface area (Å²) in [6, 6.07) is 17.0. The van der Waals surface area contributed by atoms with Gasteiger partial charge >= 0.3 is 6.18 Å². The maximum atomic E-state index is 13.7. The molecule has 4 rings (SSSR count). The monoisotopic (exact) mass is 634 g/mol. The van der Waals surface area contributed by atoms with Gasteiger partial charge in [-0.25, -0.2) is 0 Å². The van der Waals surface area contributed by atoms with Crippen LogP contribution in [-0.2, 0) is 19.1 Å². The summed E-state index contributed by atoms with van der Waals surface area (Å²) in [5.74, 6) is -0.185. The van der Waals surface area contributed by atoms with Gasteiger partial charge in [0.1, 0.15) is 0 Å². The van der Waals surface area contributed by atoms with Gasteiger partial charge in [0.05, 0.1) is 29.1 Å². The second kappa shape index (κ2) is 14.7. The molecule has 44 heavy (non-hydrogen) atoms. The topological polar surface area (TPSA) is 117 Å². The number of rotatable bonds is 12. The van der Waals surface area contributed by atoms with E-state index in [2.05, 4.69) is 16.0 Å². The number of aliphatic hydroxyl groups is 1. The molecular weight excluding hydrogens is 593 g/mol. The number of nitrogens with zero attached hydrogens (tertiary/aromatic N) is 1. The fraction of sp³-hybridized carbons (Fsp3) is 0.406. The first-order valence-corrected chi connectivity index (χ1v) is 16.4. The molecule has 0 spiro atoms. The molecule has 0 bridgehead atoms. The number of hydrogen-bond donors (Lipinski definition) is 6. The Bertz CT molecular complexity index is 1410. The number of hydrogen-bond acceptors (Lipinski definition) is 7. The second-order valence-corrected chi connectivity index (χ2v) is 13.1. The van der Waals surface area contributed by atoms with Crippen LogP contribution in [0.2, 0.25) is 0 Å². The summed E-state index contributed by atoms with van der Waals surface area (Å²) in [5.41, 5.74) is 2.91. The molecule has 240 valence electrons. The predicted octanol–water partition coefficient (Wildman–Crippen LogP) is 6.20. The Hall–Kier alpha value is -3.29. The molecule has 3 aromatic rings. The first kappa shape index (κ1) is 33.6. The van der Waals surface area contributed by atoms with Crippen molar-refractivity contribution in [2.24, 2.45) is 0 Å². The van der Waals surface area contributed by atoms with Crippen molar-refractivity contribution < 1.29 is 32.2 Å². The number of nitrogens with one attached hydrogen (secondary N) is 3. The quantitative estimate of drug-likeness (QED) is 0.140. The SMILES string of the molecule is CCNc1cc(C(=O)NC(Cc2ccccc2)C(O)CNCc2cccc(C(F)(F)F)c2)cc(N2CCCCS2(O)O)c1C. The molecule has 1 fully saturated rings. The highest BCUT2D eigenvalue weighted by atomic mass is 32.3. The van der Waals surface area contributed by atoms with Gasteiger partial charge in [0.25, 0.3) is 5.91 Å². The first-order valence-electron chi connectivity index (χ1n) is 14.7. The fourth-order valence-corrected chi connectivity index (χ4v) is 7.05. The summed E-state index contributed by atoms with van der Waals surface area (Å²) in [6.45, 7) is 4.96. The van der Waals surface area contributed by atoms with E-state index >= 15 is 0 Å². The molecule has 0 radical (unpaired) electrons. The van der Waals surface area contributed by atoms with Crippen LogP contribution in [0, 0.1) is 6.92 Å². The van der Waals surface area contributed by atoms with Crippen LogP contribution in [0.5, 0.6) is 0 Å². The molecule has 8 nitrogen and oxygen atoms in total. The Balaban J connectivity index is 1.55. The summed E-state index contributed by atoms with van der Waals surface area (Å²) >= 11 is 0. The van der Waals surface area contributed by atoms with E-state index < -0.39 is 40.6 Å². The van der Waals surface area contributed by atoms with Crippen LogP contribution < -0.4 is 20.3 Å². The normalized spacial score (nSPS) is 17.0. The minimum absolute atomic E-state index is 0.0183. The van der Waals surface area contributed by atoms with Gasteiger partial charge in [-0.3, -0.25) is 18.2 Å². The van der Waals surface area contributed by atoms with Crippen molar-refractivity contribution in [2.75, 3.05) is 35.0 Å². The zero-order chi connectivity index (χ0) is 31.9. The zero-order valence-electron chi connectivity index (χ0n) is 24.9.